The normalized spacial score (nSPS) is 12.0. The quantitative estimate of drug-likeness (QED) is 0.936. The Morgan fingerprint density at radius 1 is 1.39 bits per heavy atom. The zero-order valence-electron chi connectivity index (χ0n) is 10.3. The standard InChI is InChI=1S/C13H15FN2S.ClH/c1-8(15)13-9(2)16-12(17-13)7-10-5-3-4-6-11(10)14;/h3-6,8H,7,15H2,1-2H3;1H. The highest BCUT2D eigenvalue weighted by atomic mass is 35.5. The predicted octanol–water partition coefficient (Wildman–Crippen LogP) is 3.62. The molecule has 0 spiro atoms. The Bertz CT molecular complexity index is 525. The number of rotatable bonds is 3. The number of halogens is 2. The number of benzene rings is 1. The van der Waals surface area contributed by atoms with Gasteiger partial charge in [0.05, 0.1) is 10.7 Å². The summed E-state index contributed by atoms with van der Waals surface area (Å²) < 4.78 is 13.5. The van der Waals surface area contributed by atoms with Crippen molar-refractivity contribution in [1.82, 2.24) is 4.98 Å². The van der Waals surface area contributed by atoms with E-state index >= 15 is 0 Å². The van der Waals surface area contributed by atoms with E-state index in [4.69, 9.17) is 5.73 Å². The highest BCUT2D eigenvalue weighted by Crippen LogP contribution is 2.25. The fourth-order valence-corrected chi connectivity index (χ4v) is 2.81. The van der Waals surface area contributed by atoms with E-state index in [2.05, 4.69) is 4.98 Å². The first kappa shape index (κ1) is 15.1. The molecule has 0 amide bonds. The Kier molecular flexibility index (Phi) is 5.26. The molecule has 2 aromatic rings. The van der Waals surface area contributed by atoms with Crippen molar-refractivity contribution in [3.8, 4) is 0 Å². The van der Waals surface area contributed by atoms with Gasteiger partial charge >= 0.3 is 0 Å². The first-order chi connectivity index (χ1) is 8.08. The Morgan fingerprint density at radius 2 is 2.06 bits per heavy atom. The summed E-state index contributed by atoms with van der Waals surface area (Å²) in [5.74, 6) is -0.178. The smallest absolute Gasteiger partial charge is 0.126 e. The second-order valence-electron chi connectivity index (χ2n) is 4.11. The highest BCUT2D eigenvalue weighted by molar-refractivity contribution is 7.11. The molecule has 98 valence electrons. The lowest BCUT2D eigenvalue weighted by Crippen LogP contribution is -2.03. The van der Waals surface area contributed by atoms with E-state index in [-0.39, 0.29) is 24.3 Å². The van der Waals surface area contributed by atoms with Gasteiger partial charge in [-0.05, 0) is 25.5 Å². The Hall–Kier alpha value is -0.970. The van der Waals surface area contributed by atoms with Crippen molar-refractivity contribution in [2.24, 2.45) is 5.73 Å². The third kappa shape index (κ3) is 3.28. The molecule has 0 saturated carbocycles. The molecule has 0 aliphatic carbocycles. The SMILES string of the molecule is Cc1nc(Cc2ccccc2F)sc1C(C)N.Cl. The molecule has 0 aliphatic rings. The van der Waals surface area contributed by atoms with Crippen LogP contribution in [0.3, 0.4) is 0 Å². The van der Waals surface area contributed by atoms with Crippen LogP contribution in [0.1, 0.15) is 34.1 Å². The van der Waals surface area contributed by atoms with E-state index in [1.807, 2.05) is 19.9 Å². The molecule has 5 heteroatoms. The zero-order chi connectivity index (χ0) is 12.4. The summed E-state index contributed by atoms with van der Waals surface area (Å²) in [7, 11) is 0. The van der Waals surface area contributed by atoms with E-state index in [0.29, 0.717) is 12.0 Å². The summed E-state index contributed by atoms with van der Waals surface area (Å²) in [5.41, 5.74) is 7.48. The lowest BCUT2D eigenvalue weighted by Gasteiger charge is -2.00. The molecule has 1 unspecified atom stereocenters. The maximum Gasteiger partial charge on any atom is 0.126 e. The number of thiazole rings is 1. The van der Waals surface area contributed by atoms with Gasteiger partial charge in [-0.3, -0.25) is 0 Å². The van der Waals surface area contributed by atoms with Gasteiger partial charge in [0.1, 0.15) is 5.82 Å². The van der Waals surface area contributed by atoms with Crippen LogP contribution in [0, 0.1) is 12.7 Å². The van der Waals surface area contributed by atoms with Gasteiger partial charge in [0, 0.05) is 17.3 Å². The van der Waals surface area contributed by atoms with Gasteiger partial charge in [-0.2, -0.15) is 0 Å². The Labute approximate surface area is 116 Å². The van der Waals surface area contributed by atoms with Crippen LogP contribution in [-0.2, 0) is 6.42 Å². The molecule has 2 rings (SSSR count). The van der Waals surface area contributed by atoms with Crippen LogP contribution < -0.4 is 5.73 Å². The van der Waals surface area contributed by atoms with Crippen LogP contribution in [0.15, 0.2) is 24.3 Å². The second-order valence-corrected chi connectivity index (χ2v) is 5.23. The highest BCUT2D eigenvalue weighted by Gasteiger charge is 2.12. The fourth-order valence-electron chi connectivity index (χ4n) is 1.77. The molecule has 0 bridgehead atoms. The van der Waals surface area contributed by atoms with Crippen molar-refractivity contribution >= 4 is 23.7 Å². The number of aromatic nitrogens is 1. The minimum absolute atomic E-state index is 0. The van der Waals surface area contributed by atoms with Crippen LogP contribution in [-0.4, -0.2) is 4.98 Å². The molecular formula is C13H16ClFN2S. The third-order valence-corrected chi connectivity index (χ3v) is 3.95. The summed E-state index contributed by atoms with van der Waals surface area (Å²) in [6.07, 6.45) is 0.533. The van der Waals surface area contributed by atoms with Crippen molar-refractivity contribution in [3.05, 3.63) is 51.2 Å². The van der Waals surface area contributed by atoms with E-state index < -0.39 is 0 Å². The molecule has 18 heavy (non-hydrogen) atoms. The van der Waals surface area contributed by atoms with Crippen LogP contribution in [0.5, 0.6) is 0 Å². The summed E-state index contributed by atoms with van der Waals surface area (Å²) in [6, 6.07) is 6.78. The number of aryl methyl sites for hydroxylation is 1. The summed E-state index contributed by atoms with van der Waals surface area (Å²) in [6.45, 7) is 3.88. The van der Waals surface area contributed by atoms with Gasteiger partial charge < -0.3 is 5.73 Å². The van der Waals surface area contributed by atoms with Crippen LogP contribution in [0.4, 0.5) is 4.39 Å². The number of hydrogen-bond donors (Lipinski definition) is 1. The number of hydrogen-bond acceptors (Lipinski definition) is 3. The molecule has 0 fully saturated rings. The van der Waals surface area contributed by atoms with Gasteiger partial charge in [-0.1, -0.05) is 18.2 Å². The maximum atomic E-state index is 13.5. The molecule has 1 aromatic heterocycles. The summed E-state index contributed by atoms with van der Waals surface area (Å²) >= 11 is 1.57. The first-order valence-corrected chi connectivity index (χ1v) is 6.34. The van der Waals surface area contributed by atoms with Crippen LogP contribution >= 0.6 is 23.7 Å². The molecule has 2 nitrogen and oxygen atoms in total. The lowest BCUT2D eigenvalue weighted by atomic mass is 10.1. The summed E-state index contributed by atoms with van der Waals surface area (Å²) in [4.78, 5) is 5.52. The van der Waals surface area contributed by atoms with E-state index in [0.717, 1.165) is 15.6 Å². The third-order valence-electron chi connectivity index (χ3n) is 2.59. The maximum absolute atomic E-state index is 13.5. The average molecular weight is 287 g/mol. The minimum Gasteiger partial charge on any atom is -0.323 e. The molecule has 2 N–H and O–H groups in total. The number of nitrogens with two attached hydrogens (primary N) is 1. The van der Waals surface area contributed by atoms with Crippen molar-refractivity contribution < 1.29 is 4.39 Å². The lowest BCUT2D eigenvalue weighted by molar-refractivity contribution is 0.614. The van der Waals surface area contributed by atoms with Crippen molar-refractivity contribution in [2.75, 3.05) is 0 Å². The molecule has 1 atom stereocenters. The van der Waals surface area contributed by atoms with Gasteiger partial charge in [-0.25, -0.2) is 9.37 Å². The monoisotopic (exact) mass is 286 g/mol. The molecular weight excluding hydrogens is 271 g/mol. The van der Waals surface area contributed by atoms with Gasteiger partial charge in [0.2, 0.25) is 0 Å². The molecule has 0 radical (unpaired) electrons. The summed E-state index contributed by atoms with van der Waals surface area (Å²) in [5, 5.41) is 0.917. The van der Waals surface area contributed by atoms with E-state index in [9.17, 15) is 4.39 Å². The molecule has 1 heterocycles. The Balaban J connectivity index is 0.00000162. The van der Waals surface area contributed by atoms with E-state index in [1.165, 1.54) is 6.07 Å². The fraction of sp³-hybridized carbons (Fsp3) is 0.308. The second kappa shape index (κ2) is 6.27. The van der Waals surface area contributed by atoms with Gasteiger partial charge in [-0.15, -0.1) is 23.7 Å². The predicted molar refractivity (Wildman–Crippen MR) is 75.9 cm³/mol. The molecule has 0 saturated heterocycles. The molecule has 1 aromatic carbocycles. The van der Waals surface area contributed by atoms with Crippen molar-refractivity contribution in [2.45, 2.75) is 26.3 Å². The van der Waals surface area contributed by atoms with Gasteiger partial charge in [0.15, 0.2) is 0 Å². The Morgan fingerprint density at radius 3 is 2.61 bits per heavy atom. The molecule has 0 aliphatic heterocycles. The van der Waals surface area contributed by atoms with Gasteiger partial charge in [0.25, 0.3) is 0 Å². The zero-order valence-corrected chi connectivity index (χ0v) is 11.9. The van der Waals surface area contributed by atoms with Crippen LogP contribution in [0.25, 0.3) is 0 Å². The topological polar surface area (TPSA) is 38.9 Å². The van der Waals surface area contributed by atoms with E-state index in [1.54, 1.807) is 23.5 Å². The van der Waals surface area contributed by atoms with Crippen LogP contribution in [0.2, 0.25) is 0 Å². The first-order valence-electron chi connectivity index (χ1n) is 5.53. The largest absolute Gasteiger partial charge is 0.323 e. The van der Waals surface area contributed by atoms with Crippen molar-refractivity contribution in [1.29, 1.82) is 0 Å². The average Bonchev–Trinajstić information content (AvgIpc) is 2.63. The number of nitrogens with zero attached hydrogens (tertiary/aromatic N) is 1. The van der Waals surface area contributed by atoms with Crippen molar-refractivity contribution in [3.63, 3.8) is 0 Å². The minimum atomic E-state index is -0.178.